The number of thiophene rings is 1. The summed E-state index contributed by atoms with van der Waals surface area (Å²) in [6.07, 6.45) is 5.04. The highest BCUT2D eigenvalue weighted by Crippen LogP contribution is 2.37. The zero-order valence-electron chi connectivity index (χ0n) is 20.2. The summed E-state index contributed by atoms with van der Waals surface area (Å²) >= 11 is 1.34. The Bertz CT molecular complexity index is 1620. The highest BCUT2D eigenvalue weighted by Gasteiger charge is 2.23. The Labute approximate surface area is 222 Å². The molecule has 0 saturated carbocycles. The number of fused-ring (bicyclic) bond motifs is 2. The van der Waals surface area contributed by atoms with Crippen LogP contribution in [0.5, 0.6) is 5.75 Å². The van der Waals surface area contributed by atoms with Crippen LogP contribution in [0.15, 0.2) is 71.8 Å². The number of nitrogens with zero attached hydrogens (tertiary/aromatic N) is 2. The van der Waals surface area contributed by atoms with Crippen LogP contribution < -0.4 is 15.5 Å². The molecule has 4 aromatic rings. The summed E-state index contributed by atoms with van der Waals surface area (Å²) in [7, 11) is 0. The minimum absolute atomic E-state index is 0.253. The lowest BCUT2D eigenvalue weighted by atomic mass is 9.96. The highest BCUT2D eigenvalue weighted by molar-refractivity contribution is 7.16. The van der Waals surface area contributed by atoms with E-state index in [1.54, 1.807) is 36.4 Å². The summed E-state index contributed by atoms with van der Waals surface area (Å²) in [5.74, 6) is -2.20. The van der Waals surface area contributed by atoms with Gasteiger partial charge < -0.3 is 10.1 Å². The molecular weight excluding hydrogens is 500 g/mol. The second-order valence-corrected chi connectivity index (χ2v) is 9.74. The Balaban J connectivity index is 1.34. The lowest BCUT2D eigenvalue weighted by Gasteiger charge is -2.10. The van der Waals surface area contributed by atoms with Crippen LogP contribution >= 0.6 is 11.3 Å². The molecule has 0 unspecified atom stereocenters. The van der Waals surface area contributed by atoms with Gasteiger partial charge in [0.15, 0.2) is 0 Å². The molecule has 2 N–H and O–H groups in total. The van der Waals surface area contributed by atoms with Gasteiger partial charge in [-0.2, -0.15) is 10.4 Å². The third-order valence-corrected chi connectivity index (χ3v) is 7.43. The topological polar surface area (TPSA) is 121 Å². The van der Waals surface area contributed by atoms with Gasteiger partial charge in [-0.05, 0) is 60.2 Å². The maximum absolute atomic E-state index is 12.7. The molecule has 1 aliphatic carbocycles. The minimum atomic E-state index is -0.987. The van der Waals surface area contributed by atoms with Gasteiger partial charge in [0.2, 0.25) is 0 Å². The van der Waals surface area contributed by atoms with E-state index in [4.69, 9.17) is 4.74 Å². The van der Waals surface area contributed by atoms with Crippen molar-refractivity contribution in [2.45, 2.75) is 25.7 Å². The van der Waals surface area contributed by atoms with Gasteiger partial charge in [-0.15, -0.1) is 11.3 Å². The van der Waals surface area contributed by atoms with Gasteiger partial charge in [-0.3, -0.25) is 9.59 Å². The number of aryl methyl sites for hydroxylation is 1. The van der Waals surface area contributed by atoms with Crippen molar-refractivity contribution in [2.24, 2.45) is 5.10 Å². The standard InChI is InChI=1S/C29H22N4O4S/c30-16-22-21-12-6-7-13-25(21)38-28(22)32-26(34)27(35)33-31-17-23-20-11-5-4-8-18(20)14-15-24(23)37-29(36)19-9-2-1-3-10-19/h1-5,8-11,14-15,17H,6-7,12-13H2,(H,32,34)(H,33,35)/b31-17-. The van der Waals surface area contributed by atoms with Crippen LogP contribution in [0.2, 0.25) is 0 Å². The van der Waals surface area contributed by atoms with Crippen LogP contribution in [0.3, 0.4) is 0 Å². The predicted molar refractivity (Wildman–Crippen MR) is 145 cm³/mol. The number of benzene rings is 3. The maximum Gasteiger partial charge on any atom is 0.343 e. The van der Waals surface area contributed by atoms with Crippen LogP contribution in [-0.2, 0) is 22.4 Å². The van der Waals surface area contributed by atoms with E-state index in [1.807, 2.05) is 30.3 Å². The second kappa shape index (κ2) is 11.1. The molecule has 5 rings (SSSR count). The number of amides is 2. The van der Waals surface area contributed by atoms with E-state index in [9.17, 15) is 19.6 Å². The first-order valence-corrected chi connectivity index (χ1v) is 12.8. The molecule has 1 heterocycles. The molecule has 0 atom stereocenters. The van der Waals surface area contributed by atoms with E-state index in [-0.39, 0.29) is 5.75 Å². The Morgan fingerprint density at radius 1 is 0.947 bits per heavy atom. The van der Waals surface area contributed by atoms with Crippen LogP contribution in [0.4, 0.5) is 5.00 Å². The molecule has 38 heavy (non-hydrogen) atoms. The lowest BCUT2D eigenvalue weighted by molar-refractivity contribution is -0.136. The van der Waals surface area contributed by atoms with E-state index < -0.39 is 17.8 Å². The average molecular weight is 523 g/mol. The molecule has 188 valence electrons. The molecule has 0 radical (unpaired) electrons. The van der Waals surface area contributed by atoms with Gasteiger partial charge in [-0.25, -0.2) is 10.2 Å². The van der Waals surface area contributed by atoms with E-state index in [2.05, 4.69) is 21.9 Å². The van der Waals surface area contributed by atoms with Crippen LogP contribution in [0.1, 0.15) is 44.8 Å². The molecule has 1 aliphatic rings. The number of hydrogen-bond acceptors (Lipinski definition) is 7. The lowest BCUT2D eigenvalue weighted by Crippen LogP contribution is -2.32. The third kappa shape index (κ3) is 5.16. The summed E-state index contributed by atoms with van der Waals surface area (Å²) in [5, 5.41) is 18.1. The number of hydrogen-bond donors (Lipinski definition) is 2. The Kier molecular flexibility index (Phi) is 7.24. The smallest absolute Gasteiger partial charge is 0.343 e. The number of nitriles is 1. The summed E-state index contributed by atoms with van der Waals surface area (Å²) in [6, 6.07) is 21.7. The maximum atomic E-state index is 12.7. The Hall–Kier alpha value is -4.81. The normalized spacial score (nSPS) is 12.5. The number of carbonyl (C=O) groups is 3. The molecule has 0 saturated heterocycles. The van der Waals surface area contributed by atoms with Gasteiger partial charge in [0.25, 0.3) is 0 Å². The fourth-order valence-electron chi connectivity index (χ4n) is 4.37. The van der Waals surface area contributed by atoms with Crippen molar-refractivity contribution < 1.29 is 19.1 Å². The highest BCUT2D eigenvalue weighted by atomic mass is 32.1. The molecule has 0 fully saturated rings. The number of hydrazone groups is 1. The largest absolute Gasteiger partial charge is 0.422 e. The Morgan fingerprint density at radius 3 is 2.53 bits per heavy atom. The van der Waals surface area contributed by atoms with Gasteiger partial charge in [0.1, 0.15) is 16.8 Å². The summed E-state index contributed by atoms with van der Waals surface area (Å²) < 4.78 is 5.64. The first-order chi connectivity index (χ1) is 18.5. The number of carbonyl (C=O) groups excluding carboxylic acids is 3. The SMILES string of the molecule is N#Cc1c(NC(=O)C(=O)N/N=C\c2c(OC(=O)c3ccccc3)ccc3ccccc23)sc2c1CCCC2. The van der Waals surface area contributed by atoms with Crippen LogP contribution in [-0.4, -0.2) is 24.0 Å². The fourth-order valence-corrected chi connectivity index (χ4v) is 5.60. The second-order valence-electron chi connectivity index (χ2n) is 8.63. The quantitative estimate of drug-likeness (QED) is 0.126. The Morgan fingerprint density at radius 2 is 1.71 bits per heavy atom. The van der Waals surface area contributed by atoms with Crippen molar-refractivity contribution in [3.05, 3.63) is 93.9 Å². The van der Waals surface area contributed by atoms with Gasteiger partial charge >= 0.3 is 17.8 Å². The molecule has 2 amide bonds. The number of ether oxygens (including phenoxy) is 1. The molecule has 1 aromatic heterocycles. The number of esters is 1. The summed E-state index contributed by atoms with van der Waals surface area (Å²) in [5.41, 5.74) is 4.47. The van der Waals surface area contributed by atoms with Crippen molar-refractivity contribution in [2.75, 3.05) is 5.32 Å². The minimum Gasteiger partial charge on any atom is -0.422 e. The molecule has 3 aromatic carbocycles. The fraction of sp³-hybridized carbons (Fsp3) is 0.138. The number of anilines is 1. The van der Waals surface area contributed by atoms with E-state index in [0.717, 1.165) is 46.9 Å². The molecule has 0 spiro atoms. The van der Waals surface area contributed by atoms with Gasteiger partial charge in [-0.1, -0.05) is 48.5 Å². The first kappa shape index (κ1) is 24.9. The average Bonchev–Trinajstić information content (AvgIpc) is 3.31. The van der Waals surface area contributed by atoms with Crippen molar-refractivity contribution in [3.63, 3.8) is 0 Å². The number of nitrogens with one attached hydrogen (secondary N) is 2. The van der Waals surface area contributed by atoms with Crippen LogP contribution in [0.25, 0.3) is 10.8 Å². The van der Waals surface area contributed by atoms with E-state index in [1.165, 1.54) is 17.6 Å². The monoisotopic (exact) mass is 522 g/mol. The summed E-state index contributed by atoms with van der Waals surface area (Å²) in [4.78, 5) is 38.8. The molecule has 9 heteroatoms. The van der Waals surface area contributed by atoms with Crippen molar-refractivity contribution in [3.8, 4) is 11.8 Å². The first-order valence-electron chi connectivity index (χ1n) is 12.0. The van der Waals surface area contributed by atoms with Crippen molar-refractivity contribution in [1.29, 1.82) is 5.26 Å². The predicted octanol–water partition coefficient (Wildman–Crippen LogP) is 4.96. The van der Waals surface area contributed by atoms with E-state index in [0.29, 0.717) is 21.7 Å². The van der Waals surface area contributed by atoms with Crippen LogP contribution in [0, 0.1) is 11.3 Å². The summed E-state index contributed by atoms with van der Waals surface area (Å²) in [6.45, 7) is 0. The van der Waals surface area contributed by atoms with Crippen molar-refractivity contribution in [1.82, 2.24) is 5.43 Å². The molecule has 0 bridgehead atoms. The van der Waals surface area contributed by atoms with Crippen molar-refractivity contribution >= 4 is 51.1 Å². The molecular formula is C29H22N4O4S. The van der Waals surface area contributed by atoms with Gasteiger partial charge in [0, 0.05) is 10.4 Å². The zero-order chi connectivity index (χ0) is 26.5. The zero-order valence-corrected chi connectivity index (χ0v) is 21.0. The number of rotatable bonds is 5. The molecule has 8 nitrogen and oxygen atoms in total. The third-order valence-electron chi connectivity index (χ3n) is 6.22. The van der Waals surface area contributed by atoms with Gasteiger partial charge in [0.05, 0.1) is 17.3 Å². The van der Waals surface area contributed by atoms with E-state index >= 15 is 0 Å². The molecule has 0 aliphatic heterocycles.